The first-order valence-electron chi connectivity index (χ1n) is 8.07. The Balaban J connectivity index is 2.30. The minimum Gasteiger partial charge on any atom is -0.480 e. The van der Waals surface area contributed by atoms with Gasteiger partial charge in [0.05, 0.1) is 0 Å². The van der Waals surface area contributed by atoms with Crippen LogP contribution in [0.15, 0.2) is 0 Å². The summed E-state index contributed by atoms with van der Waals surface area (Å²) in [4.78, 5) is 14.5. The quantitative estimate of drug-likeness (QED) is 0.850. The summed E-state index contributed by atoms with van der Waals surface area (Å²) in [6.07, 6.45) is 9.07. The van der Waals surface area contributed by atoms with Gasteiger partial charge < -0.3 is 5.11 Å². The Hall–Kier alpha value is -0.570. The molecule has 19 heavy (non-hydrogen) atoms. The van der Waals surface area contributed by atoms with Crippen molar-refractivity contribution in [3.05, 3.63) is 0 Å². The number of carbonyl (C=O) groups is 1. The Morgan fingerprint density at radius 3 is 2.26 bits per heavy atom. The average Bonchev–Trinajstić information content (AvgIpc) is 2.67. The molecule has 2 rings (SSSR count). The van der Waals surface area contributed by atoms with Crippen molar-refractivity contribution in [2.45, 2.75) is 70.8 Å². The second-order valence-electron chi connectivity index (χ2n) is 6.73. The second-order valence-corrected chi connectivity index (χ2v) is 6.73. The zero-order valence-corrected chi connectivity index (χ0v) is 12.5. The first-order chi connectivity index (χ1) is 9.09. The van der Waals surface area contributed by atoms with Crippen molar-refractivity contribution in [3.63, 3.8) is 0 Å². The lowest BCUT2D eigenvalue weighted by molar-refractivity contribution is -0.161. The van der Waals surface area contributed by atoms with E-state index in [4.69, 9.17) is 0 Å². The monoisotopic (exact) mass is 267 g/mol. The molecule has 2 unspecified atom stereocenters. The van der Waals surface area contributed by atoms with Crippen molar-refractivity contribution < 1.29 is 9.90 Å². The van der Waals surface area contributed by atoms with Crippen LogP contribution in [0.2, 0.25) is 0 Å². The van der Waals surface area contributed by atoms with Crippen LogP contribution in [0.25, 0.3) is 0 Å². The van der Waals surface area contributed by atoms with Crippen LogP contribution < -0.4 is 0 Å². The minimum atomic E-state index is -0.573. The lowest BCUT2D eigenvalue weighted by Crippen LogP contribution is -2.62. The molecule has 0 amide bonds. The van der Waals surface area contributed by atoms with E-state index in [1.54, 1.807) is 0 Å². The molecular weight excluding hydrogens is 238 g/mol. The molecule has 110 valence electrons. The Bertz CT molecular complexity index is 308. The summed E-state index contributed by atoms with van der Waals surface area (Å²) in [6, 6.07) is 0. The number of hydrogen-bond donors (Lipinski definition) is 1. The Morgan fingerprint density at radius 2 is 1.74 bits per heavy atom. The first-order valence-corrected chi connectivity index (χ1v) is 8.07. The fraction of sp³-hybridized carbons (Fsp3) is 0.938. The van der Waals surface area contributed by atoms with E-state index in [9.17, 15) is 9.90 Å². The van der Waals surface area contributed by atoms with Gasteiger partial charge >= 0.3 is 5.97 Å². The molecule has 0 aromatic carbocycles. The van der Waals surface area contributed by atoms with E-state index in [2.05, 4.69) is 18.7 Å². The van der Waals surface area contributed by atoms with Crippen LogP contribution in [0.4, 0.5) is 0 Å². The van der Waals surface area contributed by atoms with Crippen molar-refractivity contribution >= 4 is 5.97 Å². The zero-order chi connectivity index (χ0) is 13.9. The first kappa shape index (κ1) is 14.8. The van der Waals surface area contributed by atoms with Gasteiger partial charge in [-0.15, -0.1) is 0 Å². The van der Waals surface area contributed by atoms with Gasteiger partial charge in [0.15, 0.2) is 0 Å². The van der Waals surface area contributed by atoms with Crippen molar-refractivity contribution in [2.75, 3.05) is 13.1 Å². The highest BCUT2D eigenvalue weighted by atomic mass is 16.4. The number of rotatable bonds is 3. The SMILES string of the molecule is CC(C)C1CCCCC1(C(=O)O)N1CCCCCC1. The molecule has 1 aliphatic heterocycles. The fourth-order valence-corrected chi connectivity index (χ4v) is 4.33. The lowest BCUT2D eigenvalue weighted by Gasteiger charge is -2.49. The van der Waals surface area contributed by atoms with Crippen molar-refractivity contribution in [3.8, 4) is 0 Å². The molecular formula is C16H29NO2. The van der Waals surface area contributed by atoms with Crippen LogP contribution in [-0.4, -0.2) is 34.6 Å². The molecule has 1 saturated carbocycles. The van der Waals surface area contributed by atoms with Gasteiger partial charge in [-0.05, 0) is 50.6 Å². The fourth-order valence-electron chi connectivity index (χ4n) is 4.33. The van der Waals surface area contributed by atoms with Crippen molar-refractivity contribution in [1.29, 1.82) is 0 Å². The van der Waals surface area contributed by atoms with Gasteiger partial charge in [0, 0.05) is 0 Å². The molecule has 1 saturated heterocycles. The molecule has 1 aliphatic carbocycles. The van der Waals surface area contributed by atoms with Crippen LogP contribution in [0.5, 0.6) is 0 Å². The van der Waals surface area contributed by atoms with E-state index in [1.807, 2.05) is 0 Å². The topological polar surface area (TPSA) is 40.5 Å². The van der Waals surface area contributed by atoms with E-state index in [0.717, 1.165) is 32.4 Å². The maximum atomic E-state index is 12.2. The molecule has 0 bridgehead atoms. The normalized spacial score (nSPS) is 34.2. The summed E-state index contributed by atoms with van der Waals surface area (Å²) in [5, 5.41) is 10.0. The van der Waals surface area contributed by atoms with Crippen molar-refractivity contribution in [1.82, 2.24) is 4.90 Å². The number of carboxylic acids is 1. The molecule has 0 aromatic rings. The standard InChI is InChI=1S/C16H29NO2/c1-13(2)14-9-5-6-10-16(14,15(18)19)17-11-7-3-4-8-12-17/h13-14H,3-12H2,1-2H3,(H,18,19). The summed E-state index contributed by atoms with van der Waals surface area (Å²) in [6.45, 7) is 6.36. The smallest absolute Gasteiger partial charge is 0.324 e. The van der Waals surface area contributed by atoms with E-state index in [-0.39, 0.29) is 0 Å². The number of aliphatic carboxylic acids is 1. The van der Waals surface area contributed by atoms with Gasteiger partial charge in [0.2, 0.25) is 0 Å². The predicted molar refractivity (Wildman–Crippen MR) is 77.2 cm³/mol. The maximum absolute atomic E-state index is 12.2. The Kier molecular flexibility index (Phi) is 4.88. The molecule has 2 aliphatic rings. The van der Waals surface area contributed by atoms with E-state index in [1.165, 1.54) is 32.1 Å². The van der Waals surface area contributed by atoms with E-state index < -0.39 is 11.5 Å². The molecule has 2 atom stereocenters. The van der Waals surface area contributed by atoms with Gasteiger partial charge in [-0.1, -0.05) is 39.5 Å². The van der Waals surface area contributed by atoms with Crippen LogP contribution in [0.3, 0.4) is 0 Å². The molecule has 2 fully saturated rings. The van der Waals surface area contributed by atoms with Gasteiger partial charge in [-0.25, -0.2) is 0 Å². The molecule has 0 aromatic heterocycles. The maximum Gasteiger partial charge on any atom is 0.324 e. The molecule has 0 radical (unpaired) electrons. The second kappa shape index (κ2) is 6.25. The number of carboxylic acid groups (broad SMARTS) is 1. The summed E-state index contributed by atoms with van der Waals surface area (Å²) >= 11 is 0. The van der Waals surface area contributed by atoms with Crippen LogP contribution >= 0.6 is 0 Å². The third kappa shape index (κ3) is 2.81. The number of likely N-dealkylation sites (tertiary alicyclic amines) is 1. The number of nitrogens with zero attached hydrogens (tertiary/aromatic N) is 1. The van der Waals surface area contributed by atoms with Gasteiger partial charge in [0.1, 0.15) is 5.54 Å². The highest BCUT2D eigenvalue weighted by Crippen LogP contribution is 2.43. The largest absolute Gasteiger partial charge is 0.480 e. The van der Waals surface area contributed by atoms with Crippen LogP contribution in [0.1, 0.15) is 65.2 Å². The number of hydrogen-bond acceptors (Lipinski definition) is 2. The highest BCUT2D eigenvalue weighted by Gasteiger charge is 2.52. The van der Waals surface area contributed by atoms with Gasteiger partial charge in [0.25, 0.3) is 0 Å². The molecule has 1 N–H and O–H groups in total. The summed E-state index contributed by atoms with van der Waals surface area (Å²) < 4.78 is 0. The summed E-state index contributed by atoms with van der Waals surface area (Å²) in [5.74, 6) is 0.212. The summed E-state index contributed by atoms with van der Waals surface area (Å²) in [7, 11) is 0. The zero-order valence-electron chi connectivity index (χ0n) is 12.5. The van der Waals surface area contributed by atoms with Gasteiger partial charge in [-0.3, -0.25) is 9.69 Å². The summed E-state index contributed by atoms with van der Waals surface area (Å²) in [5.41, 5.74) is -0.573. The average molecular weight is 267 g/mol. The molecule has 3 heteroatoms. The van der Waals surface area contributed by atoms with Crippen LogP contribution in [-0.2, 0) is 4.79 Å². The third-order valence-electron chi connectivity index (χ3n) is 5.28. The lowest BCUT2D eigenvalue weighted by atomic mass is 9.66. The molecule has 3 nitrogen and oxygen atoms in total. The Labute approximate surface area is 117 Å². The molecule has 1 heterocycles. The minimum absolute atomic E-state index is 0.317. The van der Waals surface area contributed by atoms with E-state index >= 15 is 0 Å². The third-order valence-corrected chi connectivity index (χ3v) is 5.28. The Morgan fingerprint density at radius 1 is 1.11 bits per heavy atom. The highest BCUT2D eigenvalue weighted by molar-refractivity contribution is 5.79. The molecule has 0 spiro atoms. The van der Waals surface area contributed by atoms with E-state index in [0.29, 0.717) is 11.8 Å². The van der Waals surface area contributed by atoms with Gasteiger partial charge in [-0.2, -0.15) is 0 Å². The van der Waals surface area contributed by atoms with Crippen molar-refractivity contribution in [2.24, 2.45) is 11.8 Å². The van der Waals surface area contributed by atoms with Crippen LogP contribution in [0, 0.1) is 11.8 Å². The predicted octanol–water partition coefficient (Wildman–Crippen LogP) is 3.53.